The van der Waals surface area contributed by atoms with Crippen molar-refractivity contribution in [1.29, 1.82) is 0 Å². The van der Waals surface area contributed by atoms with Gasteiger partial charge in [-0.05, 0) is 55.6 Å². The van der Waals surface area contributed by atoms with Gasteiger partial charge in [0.2, 0.25) is 0 Å². The molecule has 0 aliphatic heterocycles. The number of benzene rings is 1. The third-order valence-electron chi connectivity index (χ3n) is 3.50. The molecule has 2 rings (SSSR count). The third-order valence-corrected chi connectivity index (χ3v) is 3.50. The standard InChI is InChI=1S/C18H24N2O/c1-5-6-19-10-15-9-16(12-20-11-15)18-14(3)7-13(2)8-17(18)21-4/h7-9,11-12,19H,5-6,10H2,1-4H3. The number of aromatic nitrogens is 1. The van der Waals surface area contributed by atoms with E-state index in [-0.39, 0.29) is 0 Å². The second-order valence-electron chi connectivity index (χ2n) is 5.42. The quantitative estimate of drug-likeness (QED) is 0.818. The van der Waals surface area contributed by atoms with Crippen LogP contribution < -0.4 is 10.1 Å². The van der Waals surface area contributed by atoms with Gasteiger partial charge in [0, 0.05) is 30.1 Å². The van der Waals surface area contributed by atoms with E-state index in [1.54, 1.807) is 7.11 Å². The molecular weight excluding hydrogens is 260 g/mol. The minimum Gasteiger partial charge on any atom is -0.496 e. The van der Waals surface area contributed by atoms with E-state index in [0.717, 1.165) is 36.4 Å². The van der Waals surface area contributed by atoms with Crippen LogP contribution in [0.3, 0.4) is 0 Å². The Hall–Kier alpha value is -1.87. The predicted octanol–water partition coefficient (Wildman–Crippen LogP) is 3.87. The van der Waals surface area contributed by atoms with Gasteiger partial charge in [-0.15, -0.1) is 0 Å². The van der Waals surface area contributed by atoms with E-state index in [0.29, 0.717) is 0 Å². The van der Waals surface area contributed by atoms with E-state index in [2.05, 4.69) is 49.3 Å². The maximum Gasteiger partial charge on any atom is 0.127 e. The van der Waals surface area contributed by atoms with Crippen LogP contribution in [0.1, 0.15) is 30.0 Å². The Labute approximate surface area is 127 Å². The molecule has 1 N–H and O–H groups in total. The molecule has 21 heavy (non-hydrogen) atoms. The summed E-state index contributed by atoms with van der Waals surface area (Å²) in [6, 6.07) is 6.44. The van der Waals surface area contributed by atoms with Crippen molar-refractivity contribution in [1.82, 2.24) is 10.3 Å². The van der Waals surface area contributed by atoms with Crippen LogP contribution in [0, 0.1) is 13.8 Å². The number of nitrogens with one attached hydrogen (secondary N) is 1. The maximum atomic E-state index is 5.56. The van der Waals surface area contributed by atoms with E-state index in [1.165, 1.54) is 16.7 Å². The first-order chi connectivity index (χ1) is 10.2. The lowest BCUT2D eigenvalue weighted by Crippen LogP contribution is -2.13. The van der Waals surface area contributed by atoms with E-state index in [4.69, 9.17) is 4.74 Å². The van der Waals surface area contributed by atoms with Gasteiger partial charge in [-0.2, -0.15) is 0 Å². The molecule has 0 amide bonds. The Morgan fingerprint density at radius 3 is 2.67 bits per heavy atom. The summed E-state index contributed by atoms with van der Waals surface area (Å²) in [5.74, 6) is 0.910. The number of ether oxygens (including phenoxy) is 1. The summed E-state index contributed by atoms with van der Waals surface area (Å²) in [6.07, 6.45) is 4.96. The first-order valence-electron chi connectivity index (χ1n) is 7.46. The average Bonchev–Trinajstić information content (AvgIpc) is 2.47. The lowest BCUT2D eigenvalue weighted by atomic mass is 9.98. The fourth-order valence-corrected chi connectivity index (χ4v) is 2.59. The Balaban J connectivity index is 2.36. The number of methoxy groups -OCH3 is 1. The van der Waals surface area contributed by atoms with Crippen LogP contribution in [0.2, 0.25) is 0 Å². The van der Waals surface area contributed by atoms with Crippen LogP contribution in [0.15, 0.2) is 30.6 Å². The predicted molar refractivity (Wildman–Crippen MR) is 87.7 cm³/mol. The summed E-state index contributed by atoms with van der Waals surface area (Å²) >= 11 is 0. The molecule has 0 aliphatic carbocycles. The zero-order valence-corrected chi connectivity index (χ0v) is 13.4. The minimum atomic E-state index is 0.849. The Morgan fingerprint density at radius 1 is 1.14 bits per heavy atom. The second-order valence-corrected chi connectivity index (χ2v) is 5.42. The lowest BCUT2D eigenvalue weighted by Gasteiger charge is -2.14. The van der Waals surface area contributed by atoms with Crippen molar-refractivity contribution >= 4 is 0 Å². The SMILES string of the molecule is CCCNCc1cncc(-c2c(C)cc(C)cc2OC)c1. The molecule has 0 radical (unpaired) electrons. The van der Waals surface area contributed by atoms with Crippen LogP contribution in [-0.2, 0) is 6.54 Å². The number of nitrogens with zero attached hydrogens (tertiary/aromatic N) is 1. The van der Waals surface area contributed by atoms with E-state index in [1.807, 2.05) is 12.4 Å². The topological polar surface area (TPSA) is 34.2 Å². The largest absolute Gasteiger partial charge is 0.496 e. The van der Waals surface area contributed by atoms with Gasteiger partial charge in [-0.3, -0.25) is 4.98 Å². The van der Waals surface area contributed by atoms with Gasteiger partial charge in [-0.1, -0.05) is 13.0 Å². The van der Waals surface area contributed by atoms with E-state index >= 15 is 0 Å². The molecule has 1 heterocycles. The minimum absolute atomic E-state index is 0.849. The van der Waals surface area contributed by atoms with Crippen molar-refractivity contribution in [2.45, 2.75) is 33.7 Å². The highest BCUT2D eigenvalue weighted by Gasteiger charge is 2.11. The fraction of sp³-hybridized carbons (Fsp3) is 0.389. The summed E-state index contributed by atoms with van der Waals surface area (Å²) in [7, 11) is 1.72. The van der Waals surface area contributed by atoms with Gasteiger partial charge in [-0.25, -0.2) is 0 Å². The molecule has 0 unspecified atom stereocenters. The maximum absolute atomic E-state index is 5.56. The first-order valence-corrected chi connectivity index (χ1v) is 7.46. The molecule has 0 fully saturated rings. The summed E-state index contributed by atoms with van der Waals surface area (Å²) in [5.41, 5.74) is 5.87. The molecule has 0 saturated carbocycles. The molecule has 0 bridgehead atoms. The molecule has 3 nitrogen and oxygen atoms in total. The molecule has 0 aliphatic rings. The number of pyridine rings is 1. The molecule has 0 saturated heterocycles. The number of rotatable bonds is 6. The molecular formula is C18H24N2O. The number of hydrogen-bond donors (Lipinski definition) is 1. The normalized spacial score (nSPS) is 10.7. The Kier molecular flexibility index (Phi) is 5.34. The molecule has 0 spiro atoms. The van der Waals surface area contributed by atoms with Crippen LogP contribution in [0.4, 0.5) is 0 Å². The second kappa shape index (κ2) is 7.23. The van der Waals surface area contributed by atoms with Crippen molar-refractivity contribution in [3.8, 4) is 16.9 Å². The van der Waals surface area contributed by atoms with Crippen LogP contribution >= 0.6 is 0 Å². The van der Waals surface area contributed by atoms with Gasteiger partial charge in [0.05, 0.1) is 7.11 Å². The first kappa shape index (κ1) is 15.5. The van der Waals surface area contributed by atoms with E-state index in [9.17, 15) is 0 Å². The molecule has 3 heteroatoms. The van der Waals surface area contributed by atoms with Gasteiger partial charge >= 0.3 is 0 Å². The fourth-order valence-electron chi connectivity index (χ4n) is 2.59. The number of aryl methyl sites for hydroxylation is 2. The summed E-state index contributed by atoms with van der Waals surface area (Å²) < 4.78 is 5.56. The van der Waals surface area contributed by atoms with Crippen LogP contribution in [-0.4, -0.2) is 18.6 Å². The zero-order valence-electron chi connectivity index (χ0n) is 13.4. The van der Waals surface area contributed by atoms with Gasteiger partial charge in [0.1, 0.15) is 5.75 Å². The average molecular weight is 284 g/mol. The molecule has 2 aromatic rings. The highest BCUT2D eigenvalue weighted by atomic mass is 16.5. The highest BCUT2D eigenvalue weighted by Crippen LogP contribution is 2.34. The van der Waals surface area contributed by atoms with Crippen molar-refractivity contribution in [2.75, 3.05) is 13.7 Å². The van der Waals surface area contributed by atoms with Gasteiger partial charge < -0.3 is 10.1 Å². The molecule has 112 valence electrons. The Bertz CT molecular complexity index is 608. The van der Waals surface area contributed by atoms with Gasteiger partial charge in [0.15, 0.2) is 0 Å². The summed E-state index contributed by atoms with van der Waals surface area (Å²) in [4.78, 5) is 4.38. The van der Waals surface area contributed by atoms with Crippen molar-refractivity contribution in [2.24, 2.45) is 0 Å². The summed E-state index contributed by atoms with van der Waals surface area (Å²) in [6.45, 7) is 8.25. The molecule has 1 aromatic heterocycles. The highest BCUT2D eigenvalue weighted by molar-refractivity contribution is 5.74. The van der Waals surface area contributed by atoms with Crippen molar-refractivity contribution < 1.29 is 4.74 Å². The summed E-state index contributed by atoms with van der Waals surface area (Å²) in [5, 5.41) is 3.41. The Morgan fingerprint density at radius 2 is 1.95 bits per heavy atom. The third kappa shape index (κ3) is 3.82. The lowest BCUT2D eigenvalue weighted by molar-refractivity contribution is 0.416. The molecule has 1 aromatic carbocycles. The van der Waals surface area contributed by atoms with Crippen molar-refractivity contribution in [3.05, 3.63) is 47.3 Å². The zero-order chi connectivity index (χ0) is 15.2. The monoisotopic (exact) mass is 284 g/mol. The number of hydrogen-bond acceptors (Lipinski definition) is 3. The van der Waals surface area contributed by atoms with Crippen molar-refractivity contribution in [3.63, 3.8) is 0 Å². The van der Waals surface area contributed by atoms with Crippen LogP contribution in [0.5, 0.6) is 5.75 Å². The van der Waals surface area contributed by atoms with E-state index < -0.39 is 0 Å². The molecule has 0 atom stereocenters. The smallest absolute Gasteiger partial charge is 0.127 e. The van der Waals surface area contributed by atoms with Crippen LogP contribution in [0.25, 0.3) is 11.1 Å². The van der Waals surface area contributed by atoms with Gasteiger partial charge in [0.25, 0.3) is 0 Å².